The third kappa shape index (κ3) is 8.48. The van der Waals surface area contributed by atoms with Gasteiger partial charge in [-0.05, 0) is 27.2 Å². The number of ether oxygens (including phenoxy) is 2. The van der Waals surface area contributed by atoms with Crippen molar-refractivity contribution >= 4 is 5.97 Å². The highest BCUT2D eigenvalue weighted by Crippen LogP contribution is 2.07. The zero-order valence-electron chi connectivity index (χ0n) is 10.9. The monoisotopic (exact) mass is 228 g/mol. The molecular formula is C13H24O3. The van der Waals surface area contributed by atoms with Crippen LogP contribution in [0.1, 0.15) is 47.0 Å². The molecule has 0 saturated carbocycles. The lowest BCUT2D eigenvalue weighted by Crippen LogP contribution is -2.21. The second kappa shape index (κ2) is 9.40. The van der Waals surface area contributed by atoms with Gasteiger partial charge in [0.15, 0.2) is 0 Å². The molecule has 0 radical (unpaired) electrons. The maximum absolute atomic E-state index is 11.3. The number of hydrogen-bond acceptors (Lipinski definition) is 3. The Bertz CT molecular complexity index is 209. The first kappa shape index (κ1) is 15.2. The van der Waals surface area contributed by atoms with Crippen LogP contribution in [0.25, 0.3) is 0 Å². The zero-order valence-corrected chi connectivity index (χ0v) is 10.9. The summed E-state index contributed by atoms with van der Waals surface area (Å²) in [5.41, 5.74) is 0. The third-order valence-corrected chi connectivity index (χ3v) is 2.03. The van der Waals surface area contributed by atoms with E-state index >= 15 is 0 Å². The number of esters is 1. The summed E-state index contributed by atoms with van der Waals surface area (Å²) in [6, 6.07) is 0. The highest BCUT2D eigenvalue weighted by Gasteiger charge is 2.10. The summed E-state index contributed by atoms with van der Waals surface area (Å²) in [7, 11) is 0. The molecule has 94 valence electrons. The van der Waals surface area contributed by atoms with Crippen LogP contribution < -0.4 is 0 Å². The van der Waals surface area contributed by atoms with Crippen molar-refractivity contribution < 1.29 is 14.3 Å². The van der Waals surface area contributed by atoms with Crippen molar-refractivity contribution in [1.29, 1.82) is 0 Å². The van der Waals surface area contributed by atoms with Crippen LogP contribution in [0.15, 0.2) is 12.2 Å². The molecule has 0 saturated heterocycles. The predicted octanol–water partition coefficient (Wildman–Crippen LogP) is 3.09. The van der Waals surface area contributed by atoms with Gasteiger partial charge in [-0.25, -0.2) is 4.79 Å². The molecular weight excluding hydrogens is 204 g/mol. The Morgan fingerprint density at radius 1 is 1.38 bits per heavy atom. The van der Waals surface area contributed by atoms with Gasteiger partial charge in [0.1, 0.15) is 6.61 Å². The summed E-state index contributed by atoms with van der Waals surface area (Å²) in [6.45, 7) is 7.79. The highest BCUT2D eigenvalue weighted by molar-refractivity contribution is 5.70. The van der Waals surface area contributed by atoms with Gasteiger partial charge < -0.3 is 9.47 Å². The zero-order chi connectivity index (χ0) is 12.4. The fraction of sp³-hybridized carbons (Fsp3) is 0.769. The minimum atomic E-state index is -0.291. The van der Waals surface area contributed by atoms with Crippen LogP contribution >= 0.6 is 0 Å². The number of allylic oxidation sites excluding steroid dienone is 1. The molecule has 0 aliphatic carbocycles. The number of hydrogen-bond donors (Lipinski definition) is 0. The van der Waals surface area contributed by atoms with Crippen LogP contribution in [0.3, 0.4) is 0 Å². The van der Waals surface area contributed by atoms with E-state index in [0.29, 0.717) is 0 Å². The Balaban J connectivity index is 3.86. The fourth-order valence-corrected chi connectivity index (χ4v) is 1.33. The maximum Gasteiger partial charge on any atom is 0.332 e. The van der Waals surface area contributed by atoms with Crippen molar-refractivity contribution in [2.24, 2.45) is 0 Å². The Hall–Kier alpha value is -0.830. The van der Waals surface area contributed by atoms with E-state index in [1.807, 2.05) is 32.9 Å². The predicted molar refractivity (Wildman–Crippen MR) is 65.3 cm³/mol. The van der Waals surface area contributed by atoms with Crippen LogP contribution in [0.5, 0.6) is 0 Å². The standard InChI is InChI=1S/C13H24O3/c1-5-7-9-12(8-6-2)15-10-13(14)16-11(3)4/h6,8,11-12H,5,7,9-10H2,1-4H3/b8-6+. The Kier molecular flexibility index (Phi) is 8.91. The fourth-order valence-electron chi connectivity index (χ4n) is 1.33. The van der Waals surface area contributed by atoms with Crippen molar-refractivity contribution in [2.45, 2.75) is 59.2 Å². The van der Waals surface area contributed by atoms with E-state index in [-0.39, 0.29) is 24.8 Å². The average Bonchev–Trinajstić information content (AvgIpc) is 2.21. The van der Waals surface area contributed by atoms with Gasteiger partial charge in [0.2, 0.25) is 0 Å². The molecule has 1 unspecified atom stereocenters. The van der Waals surface area contributed by atoms with Crippen molar-refractivity contribution in [3.05, 3.63) is 12.2 Å². The minimum Gasteiger partial charge on any atom is -0.461 e. The lowest BCUT2D eigenvalue weighted by molar-refractivity contribution is -0.154. The average molecular weight is 228 g/mol. The van der Waals surface area contributed by atoms with Gasteiger partial charge in [-0.2, -0.15) is 0 Å². The van der Waals surface area contributed by atoms with Crippen LogP contribution in [-0.2, 0) is 14.3 Å². The molecule has 0 amide bonds. The smallest absolute Gasteiger partial charge is 0.332 e. The van der Waals surface area contributed by atoms with Crippen LogP contribution in [-0.4, -0.2) is 24.8 Å². The number of carbonyl (C=O) groups excluding carboxylic acids is 1. The van der Waals surface area contributed by atoms with E-state index < -0.39 is 0 Å². The second-order valence-electron chi connectivity index (χ2n) is 4.06. The van der Waals surface area contributed by atoms with Crippen LogP contribution in [0, 0.1) is 0 Å². The summed E-state index contributed by atoms with van der Waals surface area (Å²) in [6.07, 6.45) is 7.08. The molecule has 0 rings (SSSR count). The van der Waals surface area contributed by atoms with Crippen molar-refractivity contribution in [1.82, 2.24) is 0 Å². The van der Waals surface area contributed by atoms with Gasteiger partial charge in [-0.3, -0.25) is 0 Å². The van der Waals surface area contributed by atoms with E-state index in [0.717, 1.165) is 19.3 Å². The lowest BCUT2D eigenvalue weighted by Gasteiger charge is -2.14. The molecule has 0 fully saturated rings. The molecule has 0 aromatic rings. The Morgan fingerprint density at radius 3 is 2.56 bits per heavy atom. The molecule has 0 aliphatic rings. The summed E-state index contributed by atoms with van der Waals surface area (Å²) >= 11 is 0. The summed E-state index contributed by atoms with van der Waals surface area (Å²) in [5.74, 6) is -0.291. The van der Waals surface area contributed by atoms with Gasteiger partial charge >= 0.3 is 5.97 Å². The van der Waals surface area contributed by atoms with Gasteiger partial charge in [0.05, 0.1) is 12.2 Å². The number of carbonyl (C=O) groups is 1. The van der Waals surface area contributed by atoms with E-state index in [1.165, 1.54) is 0 Å². The molecule has 0 aliphatic heterocycles. The first-order valence-electron chi connectivity index (χ1n) is 6.04. The van der Waals surface area contributed by atoms with Crippen molar-refractivity contribution in [2.75, 3.05) is 6.61 Å². The van der Waals surface area contributed by atoms with Gasteiger partial charge in [-0.15, -0.1) is 0 Å². The summed E-state index contributed by atoms with van der Waals surface area (Å²) < 4.78 is 10.5. The molecule has 3 heteroatoms. The maximum atomic E-state index is 11.3. The molecule has 0 heterocycles. The Morgan fingerprint density at radius 2 is 2.06 bits per heavy atom. The van der Waals surface area contributed by atoms with E-state index in [2.05, 4.69) is 6.92 Å². The van der Waals surface area contributed by atoms with Gasteiger partial charge in [-0.1, -0.05) is 31.9 Å². The van der Waals surface area contributed by atoms with Gasteiger partial charge in [0, 0.05) is 0 Å². The molecule has 0 spiro atoms. The summed E-state index contributed by atoms with van der Waals surface area (Å²) in [4.78, 5) is 11.3. The number of unbranched alkanes of at least 4 members (excludes halogenated alkanes) is 1. The third-order valence-electron chi connectivity index (χ3n) is 2.03. The molecule has 0 N–H and O–H groups in total. The van der Waals surface area contributed by atoms with E-state index in [9.17, 15) is 4.79 Å². The topological polar surface area (TPSA) is 35.5 Å². The largest absolute Gasteiger partial charge is 0.461 e. The molecule has 0 aromatic heterocycles. The Labute approximate surface area is 98.8 Å². The minimum absolute atomic E-state index is 0.0321. The highest BCUT2D eigenvalue weighted by atomic mass is 16.6. The SMILES string of the molecule is C/C=C/C(CCCC)OCC(=O)OC(C)C. The van der Waals surface area contributed by atoms with Gasteiger partial charge in [0.25, 0.3) is 0 Å². The molecule has 1 atom stereocenters. The first-order chi connectivity index (χ1) is 7.60. The lowest BCUT2D eigenvalue weighted by atomic mass is 10.1. The molecule has 0 aromatic carbocycles. The second-order valence-corrected chi connectivity index (χ2v) is 4.06. The summed E-state index contributed by atoms with van der Waals surface area (Å²) in [5, 5.41) is 0. The molecule has 3 nitrogen and oxygen atoms in total. The molecule has 0 bridgehead atoms. The van der Waals surface area contributed by atoms with Crippen molar-refractivity contribution in [3.63, 3.8) is 0 Å². The number of rotatable bonds is 8. The van der Waals surface area contributed by atoms with Crippen molar-refractivity contribution in [3.8, 4) is 0 Å². The quantitative estimate of drug-likeness (QED) is 0.473. The van der Waals surface area contributed by atoms with E-state index in [4.69, 9.17) is 9.47 Å². The van der Waals surface area contributed by atoms with Crippen LogP contribution in [0.2, 0.25) is 0 Å². The van der Waals surface area contributed by atoms with Crippen LogP contribution in [0.4, 0.5) is 0 Å². The normalized spacial score (nSPS) is 13.3. The van der Waals surface area contributed by atoms with E-state index in [1.54, 1.807) is 0 Å². The molecule has 16 heavy (non-hydrogen) atoms. The first-order valence-corrected chi connectivity index (χ1v) is 6.04.